The van der Waals surface area contributed by atoms with Gasteiger partial charge in [-0.05, 0) is 37.5 Å². The van der Waals surface area contributed by atoms with Crippen LogP contribution in [0.2, 0.25) is 0 Å². The largest absolute Gasteiger partial charge is 0.389 e. The summed E-state index contributed by atoms with van der Waals surface area (Å²) < 4.78 is 19.3. The average molecular weight is 253 g/mol. The minimum atomic E-state index is -0.632. The van der Waals surface area contributed by atoms with Crippen molar-refractivity contribution in [2.24, 2.45) is 0 Å². The normalized spacial score (nSPS) is 19.0. The maximum atomic E-state index is 14.0. The zero-order valence-corrected chi connectivity index (χ0v) is 10.9. The molecule has 1 aromatic carbocycles. The number of ether oxygens (including phenoxy) is 1. The van der Waals surface area contributed by atoms with Crippen LogP contribution < -0.4 is 4.90 Å². The van der Waals surface area contributed by atoms with Crippen molar-refractivity contribution in [1.82, 2.24) is 0 Å². The van der Waals surface area contributed by atoms with E-state index in [1.54, 1.807) is 26.2 Å². The minimum absolute atomic E-state index is 0.260. The maximum absolute atomic E-state index is 14.0. The van der Waals surface area contributed by atoms with Gasteiger partial charge in [0.2, 0.25) is 0 Å². The number of aliphatic hydroxyl groups is 1. The number of hydrogen-bond acceptors (Lipinski definition) is 3. The summed E-state index contributed by atoms with van der Waals surface area (Å²) >= 11 is 0. The van der Waals surface area contributed by atoms with Gasteiger partial charge < -0.3 is 14.7 Å². The molecule has 0 saturated carbocycles. The van der Waals surface area contributed by atoms with Crippen molar-refractivity contribution in [3.05, 3.63) is 29.6 Å². The van der Waals surface area contributed by atoms with Crippen molar-refractivity contribution in [3.8, 4) is 0 Å². The Labute approximate surface area is 107 Å². The van der Waals surface area contributed by atoms with Crippen LogP contribution in [0.4, 0.5) is 10.1 Å². The van der Waals surface area contributed by atoms with Crippen molar-refractivity contribution in [3.63, 3.8) is 0 Å². The Bertz CT molecular complexity index is 401. The standard InChI is InChI=1S/C14H20FNO2/c1-10(17)11-3-4-14(13(15)9-11)16-7-5-12(18-2)6-8-16/h3-4,9-10,12,17H,5-8H2,1-2H3. The van der Waals surface area contributed by atoms with Crippen molar-refractivity contribution in [2.75, 3.05) is 25.1 Å². The lowest BCUT2D eigenvalue weighted by Crippen LogP contribution is -2.37. The Morgan fingerprint density at radius 1 is 1.39 bits per heavy atom. The molecule has 2 rings (SSSR count). The highest BCUT2D eigenvalue weighted by atomic mass is 19.1. The zero-order valence-electron chi connectivity index (χ0n) is 10.9. The molecule has 1 aliphatic rings. The van der Waals surface area contributed by atoms with Crippen LogP contribution in [-0.4, -0.2) is 31.4 Å². The summed E-state index contributed by atoms with van der Waals surface area (Å²) in [4.78, 5) is 2.04. The lowest BCUT2D eigenvalue weighted by atomic mass is 10.1. The molecule has 1 unspecified atom stereocenters. The molecule has 1 aromatic rings. The van der Waals surface area contributed by atoms with Gasteiger partial charge in [-0.2, -0.15) is 0 Å². The highest BCUT2D eigenvalue weighted by Gasteiger charge is 2.21. The Hall–Kier alpha value is -1.13. The first kappa shape index (κ1) is 13.3. The molecular formula is C14H20FNO2. The first-order valence-electron chi connectivity index (χ1n) is 6.37. The molecule has 0 spiro atoms. The van der Waals surface area contributed by atoms with Gasteiger partial charge >= 0.3 is 0 Å². The van der Waals surface area contributed by atoms with Gasteiger partial charge in [-0.25, -0.2) is 4.39 Å². The van der Waals surface area contributed by atoms with Crippen LogP contribution in [0.3, 0.4) is 0 Å². The number of anilines is 1. The lowest BCUT2D eigenvalue weighted by molar-refractivity contribution is 0.0818. The quantitative estimate of drug-likeness (QED) is 0.898. The zero-order chi connectivity index (χ0) is 13.1. The highest BCUT2D eigenvalue weighted by molar-refractivity contribution is 5.49. The molecule has 0 aliphatic carbocycles. The van der Waals surface area contributed by atoms with Crippen LogP contribution >= 0.6 is 0 Å². The van der Waals surface area contributed by atoms with Gasteiger partial charge in [0.05, 0.1) is 17.9 Å². The van der Waals surface area contributed by atoms with E-state index in [0.717, 1.165) is 25.9 Å². The molecule has 0 bridgehead atoms. The van der Waals surface area contributed by atoms with E-state index in [0.29, 0.717) is 17.4 Å². The summed E-state index contributed by atoms with van der Waals surface area (Å²) in [5, 5.41) is 9.42. The topological polar surface area (TPSA) is 32.7 Å². The summed E-state index contributed by atoms with van der Waals surface area (Å²) in [7, 11) is 1.72. The number of piperidine rings is 1. The van der Waals surface area contributed by atoms with E-state index in [2.05, 4.69) is 0 Å². The number of benzene rings is 1. The van der Waals surface area contributed by atoms with Crippen LogP contribution in [0.5, 0.6) is 0 Å². The summed E-state index contributed by atoms with van der Waals surface area (Å²) in [5.41, 5.74) is 1.23. The number of hydrogen-bond donors (Lipinski definition) is 1. The number of nitrogens with zero attached hydrogens (tertiary/aromatic N) is 1. The second-order valence-electron chi connectivity index (χ2n) is 4.81. The third-order valence-electron chi connectivity index (χ3n) is 3.57. The average Bonchev–Trinajstić information content (AvgIpc) is 2.38. The molecule has 0 radical (unpaired) electrons. The van der Waals surface area contributed by atoms with Gasteiger partial charge in [0, 0.05) is 20.2 Å². The molecule has 1 fully saturated rings. The van der Waals surface area contributed by atoms with Gasteiger partial charge in [0.1, 0.15) is 5.82 Å². The van der Waals surface area contributed by atoms with E-state index in [1.165, 1.54) is 6.07 Å². The first-order chi connectivity index (χ1) is 8.61. The summed E-state index contributed by atoms with van der Waals surface area (Å²) in [6.45, 7) is 3.26. The predicted molar refractivity (Wildman–Crippen MR) is 69.3 cm³/mol. The molecule has 1 N–H and O–H groups in total. The third-order valence-corrected chi connectivity index (χ3v) is 3.57. The van der Waals surface area contributed by atoms with E-state index < -0.39 is 6.10 Å². The molecule has 0 amide bonds. The molecule has 1 aliphatic heterocycles. The number of halogens is 1. The number of aliphatic hydroxyl groups excluding tert-OH is 1. The molecule has 4 heteroatoms. The fraction of sp³-hybridized carbons (Fsp3) is 0.571. The van der Waals surface area contributed by atoms with Crippen LogP contribution in [0, 0.1) is 5.82 Å². The van der Waals surface area contributed by atoms with Gasteiger partial charge in [-0.3, -0.25) is 0 Å². The molecule has 3 nitrogen and oxygen atoms in total. The van der Waals surface area contributed by atoms with Crippen molar-refractivity contribution >= 4 is 5.69 Å². The van der Waals surface area contributed by atoms with E-state index in [9.17, 15) is 9.50 Å². The monoisotopic (exact) mass is 253 g/mol. The van der Waals surface area contributed by atoms with Crippen molar-refractivity contribution in [1.29, 1.82) is 0 Å². The number of methoxy groups -OCH3 is 1. The van der Waals surface area contributed by atoms with Crippen molar-refractivity contribution in [2.45, 2.75) is 32.0 Å². The van der Waals surface area contributed by atoms with Crippen LogP contribution in [0.15, 0.2) is 18.2 Å². The summed E-state index contributed by atoms with van der Waals surface area (Å²) in [6.07, 6.45) is 1.51. The molecule has 1 saturated heterocycles. The summed E-state index contributed by atoms with van der Waals surface area (Å²) in [6, 6.07) is 4.96. The van der Waals surface area contributed by atoms with Gasteiger partial charge in [0.25, 0.3) is 0 Å². The SMILES string of the molecule is COC1CCN(c2ccc(C(C)O)cc2F)CC1. The van der Waals surface area contributed by atoms with Gasteiger partial charge in [-0.1, -0.05) is 6.07 Å². The van der Waals surface area contributed by atoms with Crippen LogP contribution in [0.1, 0.15) is 31.4 Å². The highest BCUT2D eigenvalue weighted by Crippen LogP contribution is 2.26. The maximum Gasteiger partial charge on any atom is 0.146 e. The predicted octanol–water partition coefficient (Wildman–Crippen LogP) is 2.49. The van der Waals surface area contributed by atoms with E-state index in [1.807, 2.05) is 4.90 Å². The first-order valence-corrected chi connectivity index (χ1v) is 6.37. The van der Waals surface area contributed by atoms with E-state index >= 15 is 0 Å². The molecule has 1 heterocycles. The molecule has 100 valence electrons. The van der Waals surface area contributed by atoms with Gasteiger partial charge in [-0.15, -0.1) is 0 Å². The molecule has 18 heavy (non-hydrogen) atoms. The molecule has 0 aromatic heterocycles. The second-order valence-corrected chi connectivity index (χ2v) is 4.81. The Kier molecular flexibility index (Phi) is 4.19. The van der Waals surface area contributed by atoms with E-state index in [-0.39, 0.29) is 5.82 Å². The number of rotatable bonds is 3. The summed E-state index contributed by atoms with van der Waals surface area (Å²) in [5.74, 6) is -0.260. The minimum Gasteiger partial charge on any atom is -0.389 e. The third kappa shape index (κ3) is 2.82. The fourth-order valence-corrected chi connectivity index (χ4v) is 2.37. The Morgan fingerprint density at radius 2 is 2.06 bits per heavy atom. The van der Waals surface area contributed by atoms with E-state index in [4.69, 9.17) is 4.74 Å². The smallest absolute Gasteiger partial charge is 0.146 e. The second kappa shape index (κ2) is 5.67. The molecule has 1 atom stereocenters. The Balaban J connectivity index is 2.10. The fourth-order valence-electron chi connectivity index (χ4n) is 2.37. The van der Waals surface area contributed by atoms with Gasteiger partial charge in [0.15, 0.2) is 0 Å². The van der Waals surface area contributed by atoms with Crippen molar-refractivity contribution < 1.29 is 14.2 Å². The lowest BCUT2D eigenvalue weighted by Gasteiger charge is -2.33. The molecular weight excluding hydrogens is 233 g/mol. The van der Waals surface area contributed by atoms with Crippen LogP contribution in [0.25, 0.3) is 0 Å². The Morgan fingerprint density at radius 3 is 2.56 bits per heavy atom. The van der Waals surface area contributed by atoms with Crippen LogP contribution in [-0.2, 0) is 4.74 Å².